The number of hydrogen-bond acceptors (Lipinski definition) is 3. The number of ether oxygens (including phenoxy) is 1. The molecule has 112 valence electrons. The lowest BCUT2D eigenvalue weighted by molar-refractivity contribution is -0.137. The first kappa shape index (κ1) is 14.4. The van der Waals surface area contributed by atoms with Gasteiger partial charge >= 0.3 is 5.97 Å². The topological polar surface area (TPSA) is 64.3 Å². The molecule has 0 aliphatic rings. The van der Waals surface area contributed by atoms with Crippen molar-refractivity contribution in [2.45, 2.75) is 13.2 Å². The van der Waals surface area contributed by atoms with E-state index in [1.807, 2.05) is 36.4 Å². The van der Waals surface area contributed by atoms with E-state index in [1.165, 1.54) is 0 Å². The number of hydrogen-bond donors (Lipinski definition) is 1. The minimum Gasteiger partial charge on any atom is -0.484 e. The van der Waals surface area contributed by atoms with Crippen LogP contribution >= 0.6 is 11.6 Å². The molecule has 1 N–H and O–H groups in total. The average Bonchev–Trinajstić information content (AvgIpc) is 2.84. The second-order valence-electron chi connectivity index (χ2n) is 4.72. The van der Waals surface area contributed by atoms with Gasteiger partial charge in [0, 0.05) is 0 Å². The number of imidazole rings is 1. The molecule has 0 atom stereocenters. The number of carbonyl (C=O) groups is 1. The Balaban J connectivity index is 1.92. The maximum Gasteiger partial charge on any atom is 0.323 e. The van der Waals surface area contributed by atoms with Crippen molar-refractivity contribution in [2.75, 3.05) is 0 Å². The second-order valence-corrected chi connectivity index (χ2v) is 5.12. The standard InChI is InChI=1S/C16H13ClN2O3/c17-11-5-1-4-8-14(11)22-10-15-18-12-6-2-3-7-13(12)19(15)9-16(20)21/h1-8H,9-10H2,(H,20,21). The fourth-order valence-electron chi connectivity index (χ4n) is 2.25. The number of carboxylic acid groups (broad SMARTS) is 1. The molecule has 0 bridgehead atoms. The zero-order chi connectivity index (χ0) is 15.5. The van der Waals surface area contributed by atoms with Gasteiger partial charge in [-0.2, -0.15) is 0 Å². The monoisotopic (exact) mass is 316 g/mol. The largest absolute Gasteiger partial charge is 0.484 e. The van der Waals surface area contributed by atoms with Gasteiger partial charge in [0.1, 0.15) is 24.7 Å². The van der Waals surface area contributed by atoms with E-state index in [0.717, 1.165) is 11.0 Å². The molecule has 5 nitrogen and oxygen atoms in total. The van der Waals surface area contributed by atoms with E-state index in [2.05, 4.69) is 4.98 Å². The van der Waals surface area contributed by atoms with Crippen LogP contribution in [0, 0.1) is 0 Å². The third-order valence-corrected chi connectivity index (χ3v) is 3.53. The highest BCUT2D eigenvalue weighted by atomic mass is 35.5. The third kappa shape index (κ3) is 2.89. The molecule has 0 unspecified atom stereocenters. The molecule has 0 aliphatic carbocycles. The molecule has 0 amide bonds. The fraction of sp³-hybridized carbons (Fsp3) is 0.125. The zero-order valence-electron chi connectivity index (χ0n) is 11.6. The molecule has 3 rings (SSSR count). The van der Waals surface area contributed by atoms with E-state index in [-0.39, 0.29) is 13.2 Å². The summed E-state index contributed by atoms with van der Waals surface area (Å²) in [5.41, 5.74) is 1.50. The van der Waals surface area contributed by atoms with Gasteiger partial charge < -0.3 is 14.4 Å². The van der Waals surface area contributed by atoms with Crippen molar-refractivity contribution in [2.24, 2.45) is 0 Å². The van der Waals surface area contributed by atoms with E-state index >= 15 is 0 Å². The van der Waals surface area contributed by atoms with Gasteiger partial charge in [-0.1, -0.05) is 35.9 Å². The average molecular weight is 317 g/mol. The second kappa shape index (κ2) is 6.07. The predicted molar refractivity (Wildman–Crippen MR) is 83.2 cm³/mol. The van der Waals surface area contributed by atoms with Crippen molar-refractivity contribution in [1.29, 1.82) is 0 Å². The molecule has 0 fully saturated rings. The Hall–Kier alpha value is -2.53. The highest BCUT2D eigenvalue weighted by Gasteiger charge is 2.13. The van der Waals surface area contributed by atoms with Gasteiger partial charge in [0.25, 0.3) is 0 Å². The Morgan fingerprint density at radius 3 is 2.68 bits per heavy atom. The Kier molecular flexibility index (Phi) is 3.98. The number of para-hydroxylation sites is 3. The molecule has 2 aromatic carbocycles. The van der Waals surface area contributed by atoms with Crippen LogP contribution in [0.15, 0.2) is 48.5 Å². The van der Waals surface area contributed by atoms with E-state index in [9.17, 15) is 4.79 Å². The first-order chi connectivity index (χ1) is 10.6. The Labute approximate surface area is 131 Å². The summed E-state index contributed by atoms with van der Waals surface area (Å²) in [5, 5.41) is 9.59. The molecule has 6 heteroatoms. The lowest BCUT2D eigenvalue weighted by Gasteiger charge is -2.09. The molecule has 0 saturated carbocycles. The normalized spacial score (nSPS) is 10.8. The van der Waals surface area contributed by atoms with Gasteiger partial charge in [-0.15, -0.1) is 0 Å². The van der Waals surface area contributed by atoms with Crippen LogP contribution in [0.2, 0.25) is 5.02 Å². The Morgan fingerprint density at radius 2 is 1.91 bits per heavy atom. The summed E-state index contributed by atoms with van der Waals surface area (Å²) in [7, 11) is 0. The minimum absolute atomic E-state index is 0.145. The Morgan fingerprint density at radius 1 is 1.18 bits per heavy atom. The zero-order valence-corrected chi connectivity index (χ0v) is 12.3. The van der Waals surface area contributed by atoms with Crippen molar-refractivity contribution in [3.8, 4) is 5.75 Å². The van der Waals surface area contributed by atoms with Crippen molar-refractivity contribution in [1.82, 2.24) is 9.55 Å². The molecule has 0 saturated heterocycles. The van der Waals surface area contributed by atoms with Crippen LogP contribution in [0.25, 0.3) is 11.0 Å². The van der Waals surface area contributed by atoms with Crippen LogP contribution in [0.5, 0.6) is 5.75 Å². The summed E-state index contributed by atoms with van der Waals surface area (Å²) >= 11 is 6.05. The SMILES string of the molecule is O=C(O)Cn1c(COc2ccccc2Cl)nc2ccccc21. The number of halogens is 1. The van der Waals surface area contributed by atoms with Gasteiger partial charge in [-0.05, 0) is 24.3 Å². The molecule has 1 aromatic heterocycles. The van der Waals surface area contributed by atoms with Crippen LogP contribution in [0.3, 0.4) is 0 Å². The van der Waals surface area contributed by atoms with Crippen molar-refractivity contribution in [3.05, 3.63) is 59.4 Å². The number of nitrogens with zero attached hydrogens (tertiary/aromatic N) is 2. The van der Waals surface area contributed by atoms with E-state index in [4.69, 9.17) is 21.4 Å². The third-order valence-electron chi connectivity index (χ3n) is 3.22. The van der Waals surface area contributed by atoms with E-state index in [1.54, 1.807) is 16.7 Å². The molecular formula is C16H13ClN2O3. The lowest BCUT2D eigenvalue weighted by atomic mass is 10.3. The first-order valence-electron chi connectivity index (χ1n) is 6.68. The quantitative estimate of drug-likeness (QED) is 0.784. The van der Waals surface area contributed by atoms with Gasteiger partial charge in [0.15, 0.2) is 0 Å². The number of carboxylic acids is 1. The summed E-state index contributed by atoms with van der Waals surface area (Å²) < 4.78 is 7.30. The minimum atomic E-state index is -0.929. The highest BCUT2D eigenvalue weighted by Crippen LogP contribution is 2.24. The molecular weight excluding hydrogens is 304 g/mol. The van der Waals surface area contributed by atoms with Gasteiger partial charge in [0.2, 0.25) is 0 Å². The number of aliphatic carboxylic acids is 1. The van der Waals surface area contributed by atoms with Crippen LogP contribution in [-0.2, 0) is 17.9 Å². The number of benzene rings is 2. The predicted octanol–water partition coefficient (Wildman–Crippen LogP) is 3.35. The van der Waals surface area contributed by atoms with E-state index in [0.29, 0.717) is 16.6 Å². The van der Waals surface area contributed by atoms with Crippen molar-refractivity contribution in [3.63, 3.8) is 0 Å². The number of rotatable bonds is 5. The maximum atomic E-state index is 11.1. The van der Waals surface area contributed by atoms with Gasteiger partial charge in [0.05, 0.1) is 16.1 Å². The van der Waals surface area contributed by atoms with Crippen LogP contribution < -0.4 is 4.74 Å². The summed E-state index contributed by atoms with van der Waals surface area (Å²) in [6.07, 6.45) is 0. The smallest absolute Gasteiger partial charge is 0.323 e. The molecule has 1 heterocycles. The maximum absolute atomic E-state index is 11.1. The fourth-order valence-corrected chi connectivity index (χ4v) is 2.44. The summed E-state index contributed by atoms with van der Waals surface area (Å²) in [5.74, 6) is 0.156. The van der Waals surface area contributed by atoms with Crippen LogP contribution in [0.1, 0.15) is 5.82 Å². The molecule has 3 aromatic rings. The Bertz CT molecular complexity index is 829. The summed E-state index contributed by atoms with van der Waals surface area (Å²) in [6, 6.07) is 14.5. The molecule has 0 radical (unpaired) electrons. The summed E-state index contributed by atoms with van der Waals surface area (Å²) in [6.45, 7) is -0.0204. The van der Waals surface area contributed by atoms with Crippen molar-refractivity contribution < 1.29 is 14.6 Å². The van der Waals surface area contributed by atoms with Crippen LogP contribution in [-0.4, -0.2) is 20.6 Å². The molecule has 22 heavy (non-hydrogen) atoms. The molecule has 0 spiro atoms. The van der Waals surface area contributed by atoms with Gasteiger partial charge in [-0.3, -0.25) is 4.79 Å². The van der Waals surface area contributed by atoms with Crippen molar-refractivity contribution >= 4 is 28.6 Å². The molecule has 0 aliphatic heterocycles. The van der Waals surface area contributed by atoms with Gasteiger partial charge in [-0.25, -0.2) is 4.98 Å². The number of fused-ring (bicyclic) bond motifs is 1. The first-order valence-corrected chi connectivity index (χ1v) is 7.06. The highest BCUT2D eigenvalue weighted by molar-refractivity contribution is 6.32. The van der Waals surface area contributed by atoms with Crippen LogP contribution in [0.4, 0.5) is 0 Å². The summed E-state index contributed by atoms with van der Waals surface area (Å²) in [4.78, 5) is 15.5. The lowest BCUT2D eigenvalue weighted by Crippen LogP contribution is -2.13. The van der Waals surface area contributed by atoms with E-state index < -0.39 is 5.97 Å². The number of aromatic nitrogens is 2.